The van der Waals surface area contributed by atoms with Crippen molar-refractivity contribution < 1.29 is 23.1 Å². The molecule has 0 saturated carbocycles. The molecule has 0 aromatic rings. The SMILES string of the molecule is CCS(=O)(=O)C1CSCCN1C(=O)NC(C)CCC(=O)O. The first-order valence-corrected chi connectivity index (χ1v) is 9.73. The molecule has 1 fully saturated rings. The Morgan fingerprint density at radius 2 is 2.14 bits per heavy atom. The number of carbonyl (C=O) groups excluding carboxylic acids is 1. The summed E-state index contributed by atoms with van der Waals surface area (Å²) < 4.78 is 24.1. The van der Waals surface area contributed by atoms with E-state index in [1.165, 1.54) is 16.7 Å². The van der Waals surface area contributed by atoms with Crippen LogP contribution in [0.1, 0.15) is 26.7 Å². The summed E-state index contributed by atoms with van der Waals surface area (Å²) in [7, 11) is -3.33. The fourth-order valence-electron chi connectivity index (χ4n) is 2.01. The number of nitrogens with one attached hydrogen (secondary N) is 1. The molecule has 0 aliphatic carbocycles. The molecule has 2 unspecified atom stereocenters. The van der Waals surface area contributed by atoms with Crippen LogP contribution in [0.2, 0.25) is 0 Å². The predicted molar refractivity (Wildman–Crippen MR) is 82.1 cm³/mol. The van der Waals surface area contributed by atoms with Crippen LogP contribution in [0.3, 0.4) is 0 Å². The van der Waals surface area contributed by atoms with Crippen LogP contribution >= 0.6 is 11.8 Å². The van der Waals surface area contributed by atoms with Gasteiger partial charge in [0.25, 0.3) is 0 Å². The van der Waals surface area contributed by atoms with E-state index in [1.54, 1.807) is 13.8 Å². The van der Waals surface area contributed by atoms with Gasteiger partial charge in [0.2, 0.25) is 0 Å². The average molecular weight is 338 g/mol. The van der Waals surface area contributed by atoms with E-state index in [1.807, 2.05) is 0 Å². The van der Waals surface area contributed by atoms with Crippen LogP contribution in [-0.4, -0.2) is 65.6 Å². The number of aliphatic carboxylic acids is 1. The summed E-state index contributed by atoms with van der Waals surface area (Å²) in [5.41, 5.74) is 0. The molecule has 0 aromatic carbocycles. The Hall–Kier alpha value is -0.960. The van der Waals surface area contributed by atoms with Gasteiger partial charge >= 0.3 is 12.0 Å². The minimum absolute atomic E-state index is 0.00340. The highest BCUT2D eigenvalue weighted by atomic mass is 32.2. The van der Waals surface area contributed by atoms with Gasteiger partial charge in [-0.25, -0.2) is 13.2 Å². The van der Waals surface area contributed by atoms with E-state index in [2.05, 4.69) is 5.32 Å². The molecule has 0 spiro atoms. The third-order valence-corrected chi connectivity index (χ3v) is 6.61. The van der Waals surface area contributed by atoms with E-state index in [4.69, 9.17) is 5.11 Å². The highest BCUT2D eigenvalue weighted by Crippen LogP contribution is 2.21. The summed E-state index contributed by atoms with van der Waals surface area (Å²) in [6.07, 6.45) is 0.281. The maximum atomic E-state index is 12.2. The Bertz CT molecular complexity index is 480. The second kappa shape index (κ2) is 7.88. The summed E-state index contributed by atoms with van der Waals surface area (Å²) in [6, 6.07) is -0.747. The van der Waals surface area contributed by atoms with Crippen LogP contribution in [0, 0.1) is 0 Å². The molecule has 9 heteroatoms. The Morgan fingerprint density at radius 3 is 2.71 bits per heavy atom. The van der Waals surface area contributed by atoms with Crippen molar-refractivity contribution in [2.45, 2.75) is 38.1 Å². The maximum absolute atomic E-state index is 12.2. The molecule has 0 aromatic heterocycles. The monoisotopic (exact) mass is 338 g/mol. The van der Waals surface area contributed by atoms with E-state index in [9.17, 15) is 18.0 Å². The second-order valence-electron chi connectivity index (χ2n) is 4.96. The smallest absolute Gasteiger partial charge is 0.318 e. The third kappa shape index (κ3) is 5.39. The molecular formula is C12H22N2O5S2. The van der Waals surface area contributed by atoms with Gasteiger partial charge < -0.3 is 15.3 Å². The van der Waals surface area contributed by atoms with Gasteiger partial charge in [-0.15, -0.1) is 0 Å². The largest absolute Gasteiger partial charge is 0.481 e. The first kappa shape index (κ1) is 18.1. The number of carbonyl (C=O) groups is 2. The first-order valence-electron chi connectivity index (χ1n) is 6.86. The van der Waals surface area contributed by atoms with E-state index < -0.39 is 27.2 Å². The lowest BCUT2D eigenvalue weighted by atomic mass is 10.2. The quantitative estimate of drug-likeness (QED) is 0.741. The van der Waals surface area contributed by atoms with Crippen LogP contribution in [0.4, 0.5) is 4.79 Å². The van der Waals surface area contributed by atoms with Gasteiger partial charge in [-0.1, -0.05) is 6.92 Å². The summed E-state index contributed by atoms with van der Waals surface area (Å²) in [5, 5.41) is 10.5. The van der Waals surface area contributed by atoms with Crippen molar-refractivity contribution in [3.05, 3.63) is 0 Å². The number of carboxylic acids is 1. The third-order valence-electron chi connectivity index (χ3n) is 3.32. The number of carboxylic acid groups (broad SMARTS) is 1. The molecule has 2 atom stereocenters. The van der Waals surface area contributed by atoms with Crippen molar-refractivity contribution in [1.82, 2.24) is 10.2 Å². The number of thioether (sulfide) groups is 1. The first-order chi connectivity index (χ1) is 9.77. The topological polar surface area (TPSA) is 104 Å². The molecule has 7 nitrogen and oxygen atoms in total. The van der Waals surface area contributed by atoms with Crippen LogP contribution in [-0.2, 0) is 14.6 Å². The van der Waals surface area contributed by atoms with Gasteiger partial charge in [-0.3, -0.25) is 4.79 Å². The number of sulfone groups is 1. The lowest BCUT2D eigenvalue weighted by Crippen LogP contribution is -2.55. The zero-order valence-electron chi connectivity index (χ0n) is 12.2. The summed E-state index contributed by atoms with van der Waals surface area (Å²) >= 11 is 1.52. The van der Waals surface area contributed by atoms with Crippen molar-refractivity contribution in [3.63, 3.8) is 0 Å². The van der Waals surface area contributed by atoms with Gasteiger partial charge in [-0.05, 0) is 13.3 Å². The fraction of sp³-hybridized carbons (Fsp3) is 0.833. The molecule has 1 heterocycles. The minimum Gasteiger partial charge on any atom is -0.481 e. The molecule has 1 saturated heterocycles. The molecule has 1 rings (SSSR count). The van der Waals surface area contributed by atoms with Crippen LogP contribution in [0.15, 0.2) is 0 Å². The maximum Gasteiger partial charge on any atom is 0.318 e. The number of amides is 2. The van der Waals surface area contributed by atoms with Crippen LogP contribution in [0.5, 0.6) is 0 Å². The van der Waals surface area contributed by atoms with Gasteiger partial charge in [-0.2, -0.15) is 11.8 Å². The minimum atomic E-state index is -3.33. The van der Waals surface area contributed by atoms with Crippen molar-refractivity contribution >= 4 is 33.6 Å². The van der Waals surface area contributed by atoms with Gasteiger partial charge in [0.1, 0.15) is 5.37 Å². The summed E-state index contributed by atoms with van der Waals surface area (Å²) in [5.74, 6) is 0.160. The molecule has 122 valence electrons. The van der Waals surface area contributed by atoms with Gasteiger partial charge in [0, 0.05) is 36.3 Å². The normalized spacial score (nSPS) is 20.9. The Kier molecular flexibility index (Phi) is 6.79. The van der Waals surface area contributed by atoms with Crippen molar-refractivity contribution in [2.75, 3.05) is 23.8 Å². The summed E-state index contributed by atoms with van der Waals surface area (Å²) in [6.45, 7) is 3.66. The van der Waals surface area contributed by atoms with E-state index in [-0.39, 0.29) is 18.2 Å². The number of hydrogen-bond donors (Lipinski definition) is 2. The van der Waals surface area contributed by atoms with Gasteiger partial charge in [0.15, 0.2) is 9.84 Å². The highest BCUT2D eigenvalue weighted by Gasteiger charge is 2.36. The standard InChI is InChI=1S/C12H22N2O5S2/c1-3-21(18,19)10-8-20-7-6-14(10)12(17)13-9(2)4-5-11(15)16/h9-10H,3-8H2,1-2H3,(H,13,17)(H,15,16). The van der Waals surface area contributed by atoms with Crippen molar-refractivity contribution in [3.8, 4) is 0 Å². The average Bonchev–Trinajstić information content (AvgIpc) is 2.45. The molecule has 0 bridgehead atoms. The van der Waals surface area contributed by atoms with Crippen molar-refractivity contribution in [1.29, 1.82) is 0 Å². The van der Waals surface area contributed by atoms with Crippen LogP contribution in [0.25, 0.3) is 0 Å². The fourth-order valence-corrected chi connectivity index (χ4v) is 4.97. The highest BCUT2D eigenvalue weighted by molar-refractivity contribution is 8.01. The number of nitrogens with zero attached hydrogens (tertiary/aromatic N) is 1. The molecular weight excluding hydrogens is 316 g/mol. The summed E-state index contributed by atoms with van der Waals surface area (Å²) in [4.78, 5) is 24.1. The number of hydrogen-bond acceptors (Lipinski definition) is 5. The zero-order valence-corrected chi connectivity index (χ0v) is 13.9. The van der Waals surface area contributed by atoms with E-state index >= 15 is 0 Å². The number of urea groups is 1. The number of rotatable bonds is 6. The lowest BCUT2D eigenvalue weighted by molar-refractivity contribution is -0.137. The molecule has 1 aliphatic rings. The second-order valence-corrected chi connectivity index (χ2v) is 8.55. The Morgan fingerprint density at radius 1 is 1.48 bits per heavy atom. The molecule has 1 aliphatic heterocycles. The van der Waals surface area contributed by atoms with Crippen LogP contribution < -0.4 is 5.32 Å². The predicted octanol–water partition coefficient (Wildman–Crippen LogP) is 0.759. The van der Waals surface area contributed by atoms with Gasteiger partial charge in [0.05, 0.1) is 0 Å². The van der Waals surface area contributed by atoms with Crippen molar-refractivity contribution in [2.24, 2.45) is 0 Å². The molecule has 21 heavy (non-hydrogen) atoms. The molecule has 2 amide bonds. The molecule has 0 radical (unpaired) electrons. The lowest BCUT2D eigenvalue weighted by Gasteiger charge is -2.35. The molecule has 2 N–H and O–H groups in total. The Labute approximate surface area is 129 Å². The van der Waals surface area contributed by atoms with E-state index in [0.717, 1.165) is 0 Å². The Balaban J connectivity index is 2.67. The zero-order chi connectivity index (χ0) is 16.0. The van der Waals surface area contributed by atoms with E-state index in [0.29, 0.717) is 24.5 Å².